The Morgan fingerprint density at radius 2 is 2.00 bits per heavy atom. The molecule has 0 spiro atoms. The van der Waals surface area contributed by atoms with Crippen LogP contribution in [0.15, 0.2) is 24.3 Å². The maximum Gasteiger partial charge on any atom is 0.358 e. The normalized spacial score (nSPS) is 20.9. The van der Waals surface area contributed by atoms with Gasteiger partial charge in [-0.15, -0.1) is 0 Å². The first-order valence-corrected chi connectivity index (χ1v) is 11.3. The molecule has 1 fully saturated rings. The first kappa shape index (κ1) is 22.3. The van der Waals surface area contributed by atoms with E-state index in [4.69, 9.17) is 16.3 Å². The number of aromatic nitrogens is 2. The largest absolute Gasteiger partial charge is 0.461 e. The summed E-state index contributed by atoms with van der Waals surface area (Å²) in [4.78, 5) is 40.9. The minimum atomic E-state index is -1.26. The van der Waals surface area contributed by atoms with Crippen molar-refractivity contribution in [2.75, 3.05) is 11.5 Å². The Morgan fingerprint density at radius 3 is 2.66 bits per heavy atom. The Balaban J connectivity index is 1.78. The van der Waals surface area contributed by atoms with E-state index >= 15 is 0 Å². The topological polar surface area (TPSA) is 93.5 Å². The van der Waals surface area contributed by atoms with Crippen molar-refractivity contribution < 1.29 is 19.1 Å². The van der Waals surface area contributed by atoms with Gasteiger partial charge in [-0.1, -0.05) is 30.5 Å². The summed E-state index contributed by atoms with van der Waals surface area (Å²) in [5.41, 5.74) is 0.378. The van der Waals surface area contributed by atoms with E-state index in [-0.39, 0.29) is 36.5 Å². The summed E-state index contributed by atoms with van der Waals surface area (Å²) in [6, 6.07) is 6.78. The van der Waals surface area contributed by atoms with E-state index in [1.54, 1.807) is 26.0 Å². The summed E-state index contributed by atoms with van der Waals surface area (Å²) in [5.74, 6) is -1.29. The lowest BCUT2D eigenvalue weighted by Crippen LogP contribution is -2.65. The van der Waals surface area contributed by atoms with Crippen LogP contribution < -0.4 is 10.2 Å². The summed E-state index contributed by atoms with van der Waals surface area (Å²) < 4.78 is 6.46. The van der Waals surface area contributed by atoms with Gasteiger partial charge in [-0.05, 0) is 51.3 Å². The van der Waals surface area contributed by atoms with Crippen LogP contribution in [0, 0.1) is 6.92 Å². The van der Waals surface area contributed by atoms with Gasteiger partial charge in [-0.2, -0.15) is 5.10 Å². The van der Waals surface area contributed by atoms with E-state index < -0.39 is 17.4 Å². The second-order valence-corrected chi connectivity index (χ2v) is 9.00. The van der Waals surface area contributed by atoms with Crippen molar-refractivity contribution in [3.05, 3.63) is 46.2 Å². The number of rotatable bonds is 5. The molecule has 1 N–H and O–H groups in total. The number of nitrogens with one attached hydrogen (secondary N) is 1. The second kappa shape index (κ2) is 8.58. The first-order chi connectivity index (χ1) is 15.2. The molecule has 1 atom stereocenters. The highest BCUT2D eigenvalue weighted by molar-refractivity contribution is 6.31. The molecular weight excluding hydrogens is 432 g/mol. The molecule has 1 aromatic carbocycles. The van der Waals surface area contributed by atoms with Crippen LogP contribution in [0.5, 0.6) is 0 Å². The number of ether oxygens (including phenoxy) is 1. The van der Waals surface area contributed by atoms with Gasteiger partial charge >= 0.3 is 5.97 Å². The van der Waals surface area contributed by atoms with Crippen molar-refractivity contribution in [1.29, 1.82) is 0 Å². The molecule has 0 saturated heterocycles. The number of nitrogens with zero attached hydrogens (tertiary/aromatic N) is 3. The summed E-state index contributed by atoms with van der Waals surface area (Å²) in [6.07, 6.45) is 3.99. The third kappa shape index (κ3) is 3.88. The number of esters is 1. The molecule has 1 aliphatic heterocycles. The van der Waals surface area contributed by atoms with Gasteiger partial charge < -0.3 is 10.1 Å². The first-order valence-electron chi connectivity index (χ1n) is 10.9. The van der Waals surface area contributed by atoms with Gasteiger partial charge in [0.1, 0.15) is 11.2 Å². The molecule has 1 aliphatic carbocycles. The fraction of sp³-hybridized carbons (Fsp3) is 0.478. The predicted octanol–water partition coefficient (Wildman–Crippen LogP) is 3.50. The fourth-order valence-electron chi connectivity index (χ4n) is 4.42. The molecule has 1 aromatic heterocycles. The number of aryl methyl sites for hydroxylation is 1. The lowest BCUT2D eigenvalue weighted by Gasteiger charge is -2.43. The van der Waals surface area contributed by atoms with Crippen molar-refractivity contribution in [2.45, 2.75) is 64.6 Å². The van der Waals surface area contributed by atoms with E-state index in [0.29, 0.717) is 10.7 Å². The van der Waals surface area contributed by atoms with Gasteiger partial charge in [0.25, 0.3) is 5.91 Å². The summed E-state index contributed by atoms with van der Waals surface area (Å²) >= 11 is 6.35. The Labute approximate surface area is 191 Å². The molecule has 2 aromatic rings. The molecule has 8 nitrogen and oxygen atoms in total. The average Bonchev–Trinajstić information content (AvgIpc) is 3.40. The lowest BCUT2D eigenvalue weighted by molar-refractivity contribution is -0.127. The third-order valence-electron chi connectivity index (χ3n) is 6.23. The van der Waals surface area contributed by atoms with E-state index in [1.165, 1.54) is 15.6 Å². The number of carbonyl (C=O) groups excluding carboxylic acids is 3. The van der Waals surface area contributed by atoms with Crippen LogP contribution in [-0.2, 0) is 16.1 Å². The predicted molar refractivity (Wildman–Crippen MR) is 120 cm³/mol. The molecule has 32 heavy (non-hydrogen) atoms. The molecule has 2 heterocycles. The van der Waals surface area contributed by atoms with Crippen LogP contribution in [0.4, 0.5) is 5.69 Å². The molecular formula is C23H27ClN4O4. The maximum absolute atomic E-state index is 13.7. The number of anilines is 1. The number of fused-ring (bicyclic) bond motifs is 1. The van der Waals surface area contributed by atoms with Crippen molar-refractivity contribution in [3.63, 3.8) is 0 Å². The SMILES string of the molecule is CCOC(=O)c1cc2n(n1)C[C@](C)(C(=O)NC1CCCC1)N(c1ccc(C)c(Cl)c1)C2=O. The number of hydrogen-bond acceptors (Lipinski definition) is 5. The minimum Gasteiger partial charge on any atom is -0.461 e. The Hall–Kier alpha value is -2.87. The van der Waals surface area contributed by atoms with Crippen LogP contribution >= 0.6 is 11.6 Å². The number of carbonyl (C=O) groups is 3. The number of amides is 2. The standard InChI is InChI=1S/C23H27ClN4O4/c1-4-32-21(30)18-12-19-20(29)28(16-10-9-14(2)17(24)11-16)23(3,13-27(19)26-18)22(31)25-15-7-5-6-8-15/h9-12,15H,4-8,13H2,1-3H3,(H,25,31)/t23-/m1/s1. The highest BCUT2D eigenvalue weighted by atomic mass is 35.5. The van der Waals surface area contributed by atoms with Gasteiger partial charge in [0.15, 0.2) is 5.69 Å². The Kier molecular flexibility index (Phi) is 5.99. The summed E-state index contributed by atoms with van der Waals surface area (Å²) in [7, 11) is 0. The molecule has 2 aliphatic rings. The molecule has 9 heteroatoms. The zero-order chi connectivity index (χ0) is 23.0. The van der Waals surface area contributed by atoms with E-state index in [9.17, 15) is 14.4 Å². The van der Waals surface area contributed by atoms with Gasteiger partial charge in [-0.3, -0.25) is 19.2 Å². The molecule has 170 valence electrons. The zero-order valence-electron chi connectivity index (χ0n) is 18.5. The molecule has 1 saturated carbocycles. The Bertz CT molecular complexity index is 1080. The van der Waals surface area contributed by atoms with E-state index in [0.717, 1.165) is 31.2 Å². The Morgan fingerprint density at radius 1 is 1.28 bits per heavy atom. The van der Waals surface area contributed by atoms with Crippen molar-refractivity contribution in [2.24, 2.45) is 0 Å². The van der Waals surface area contributed by atoms with Crippen LogP contribution in [0.1, 0.15) is 66.1 Å². The van der Waals surface area contributed by atoms with E-state index in [2.05, 4.69) is 10.4 Å². The molecule has 0 unspecified atom stereocenters. The summed E-state index contributed by atoms with van der Waals surface area (Å²) in [5, 5.41) is 7.90. The van der Waals surface area contributed by atoms with Crippen LogP contribution in [-0.4, -0.2) is 45.8 Å². The molecule has 2 amide bonds. The number of hydrogen-bond donors (Lipinski definition) is 1. The molecule has 0 radical (unpaired) electrons. The average molecular weight is 459 g/mol. The van der Waals surface area contributed by atoms with Crippen molar-refractivity contribution in [1.82, 2.24) is 15.1 Å². The monoisotopic (exact) mass is 458 g/mol. The lowest BCUT2D eigenvalue weighted by atomic mass is 9.93. The summed E-state index contributed by atoms with van der Waals surface area (Å²) in [6.45, 7) is 5.59. The molecule has 4 rings (SSSR count). The number of benzene rings is 1. The maximum atomic E-state index is 13.7. The zero-order valence-corrected chi connectivity index (χ0v) is 19.2. The second-order valence-electron chi connectivity index (χ2n) is 8.60. The van der Waals surface area contributed by atoms with Gasteiger partial charge in [0.2, 0.25) is 5.91 Å². The van der Waals surface area contributed by atoms with Gasteiger partial charge in [0, 0.05) is 22.8 Å². The minimum absolute atomic E-state index is 0.0394. The quantitative estimate of drug-likeness (QED) is 0.692. The highest BCUT2D eigenvalue weighted by Gasteiger charge is 2.49. The van der Waals surface area contributed by atoms with Crippen LogP contribution in [0.25, 0.3) is 0 Å². The van der Waals surface area contributed by atoms with Crippen LogP contribution in [0.2, 0.25) is 5.02 Å². The highest BCUT2D eigenvalue weighted by Crippen LogP contribution is 2.35. The van der Waals surface area contributed by atoms with Crippen molar-refractivity contribution in [3.8, 4) is 0 Å². The van der Waals surface area contributed by atoms with Gasteiger partial charge in [0.05, 0.1) is 13.2 Å². The third-order valence-corrected chi connectivity index (χ3v) is 6.64. The fourth-order valence-corrected chi connectivity index (χ4v) is 4.60. The smallest absolute Gasteiger partial charge is 0.358 e. The van der Waals surface area contributed by atoms with Crippen molar-refractivity contribution >= 4 is 35.1 Å². The van der Waals surface area contributed by atoms with Gasteiger partial charge in [-0.25, -0.2) is 4.79 Å². The molecule has 0 bridgehead atoms. The number of halogens is 1. The van der Waals surface area contributed by atoms with E-state index in [1.807, 2.05) is 13.0 Å². The van der Waals surface area contributed by atoms with Crippen LogP contribution in [0.3, 0.4) is 0 Å².